The summed E-state index contributed by atoms with van der Waals surface area (Å²) >= 11 is 0. The van der Waals surface area contributed by atoms with Gasteiger partial charge in [-0.15, -0.1) is 0 Å². The minimum absolute atomic E-state index is 0.307. The minimum atomic E-state index is -1.35. The molecule has 1 heterocycles. The summed E-state index contributed by atoms with van der Waals surface area (Å²) in [6.07, 6.45) is 1.31. The molecule has 0 spiro atoms. The van der Waals surface area contributed by atoms with Gasteiger partial charge in [0.25, 0.3) is 0 Å². The van der Waals surface area contributed by atoms with Gasteiger partial charge in [0.1, 0.15) is 6.54 Å². The number of pyridine rings is 1. The number of aromatic nitrogens is 1. The highest BCUT2D eigenvalue weighted by Gasteiger charge is 2.17. The lowest BCUT2D eigenvalue weighted by Gasteiger charge is -2.01. The second kappa shape index (κ2) is 3.84. The Hall–Kier alpha value is -1.95. The fourth-order valence-electron chi connectivity index (χ4n) is 0.978. The number of hydrogen-bond acceptors (Lipinski definition) is 3. The van der Waals surface area contributed by atoms with Crippen molar-refractivity contribution in [2.24, 2.45) is 0 Å². The van der Waals surface area contributed by atoms with Crippen LogP contribution in [0, 0.1) is 0 Å². The van der Waals surface area contributed by atoms with Crippen LogP contribution in [0.4, 0.5) is 0 Å². The summed E-state index contributed by atoms with van der Waals surface area (Å²) in [6, 6.07) is 1.27. The van der Waals surface area contributed by atoms with E-state index in [1.165, 1.54) is 12.3 Å². The smallest absolute Gasteiger partial charge is 0.355 e. The maximum atomic E-state index is 10.7. The summed E-state index contributed by atoms with van der Waals surface area (Å²) in [5.74, 6) is -2.65. The van der Waals surface area contributed by atoms with Crippen molar-refractivity contribution in [1.82, 2.24) is 4.98 Å². The Balaban J connectivity index is 3.31. The van der Waals surface area contributed by atoms with Crippen LogP contribution in [-0.2, 0) is 6.54 Å². The number of rotatable bonds is 3. The zero-order chi connectivity index (χ0) is 10.7. The largest absolute Gasteiger partial charge is 0.478 e. The topological polar surface area (TPSA) is 115 Å². The van der Waals surface area contributed by atoms with Crippen LogP contribution in [0.2, 0.25) is 0 Å². The van der Waals surface area contributed by atoms with E-state index in [4.69, 9.17) is 10.2 Å². The van der Waals surface area contributed by atoms with Crippen molar-refractivity contribution in [1.29, 1.82) is 0 Å². The summed E-state index contributed by atoms with van der Waals surface area (Å²) in [5, 5.41) is 17.3. The van der Waals surface area contributed by atoms with Crippen LogP contribution >= 0.6 is 0 Å². The molecule has 5 N–H and O–H groups in total. The Labute approximate surface area is 79.0 Å². The van der Waals surface area contributed by atoms with Gasteiger partial charge in [0.15, 0.2) is 5.69 Å². The van der Waals surface area contributed by atoms with E-state index in [0.717, 1.165) is 0 Å². The maximum absolute atomic E-state index is 10.7. The van der Waals surface area contributed by atoms with Crippen LogP contribution in [0.25, 0.3) is 0 Å². The van der Waals surface area contributed by atoms with E-state index in [1.54, 1.807) is 0 Å². The van der Waals surface area contributed by atoms with E-state index in [-0.39, 0.29) is 5.56 Å². The average Bonchev–Trinajstić information content (AvgIpc) is 2.16. The first kappa shape index (κ1) is 10.1. The molecule has 0 aliphatic carbocycles. The fraction of sp³-hybridized carbons (Fsp3) is 0.125. The molecule has 0 saturated carbocycles. The number of aromatic carboxylic acids is 2. The SMILES string of the molecule is [NH3+]Cc1cnc(C(=O)O)c(C(=O)O)c1. The number of nitrogens with zero attached hydrogens (tertiary/aromatic N) is 1. The van der Waals surface area contributed by atoms with Crippen LogP contribution in [-0.4, -0.2) is 27.1 Å². The lowest BCUT2D eigenvalue weighted by molar-refractivity contribution is -0.386. The number of quaternary nitrogens is 1. The Bertz CT molecular complexity index is 389. The third-order valence-electron chi connectivity index (χ3n) is 1.67. The first-order chi connectivity index (χ1) is 6.56. The predicted molar refractivity (Wildman–Crippen MR) is 44.7 cm³/mol. The van der Waals surface area contributed by atoms with Crippen LogP contribution in [0.1, 0.15) is 26.4 Å². The molecule has 0 amide bonds. The van der Waals surface area contributed by atoms with Crippen molar-refractivity contribution in [3.8, 4) is 0 Å². The molecular formula is C8H9N2O4+. The predicted octanol–water partition coefficient (Wildman–Crippen LogP) is -0.780. The van der Waals surface area contributed by atoms with Crippen molar-refractivity contribution in [2.75, 3.05) is 0 Å². The zero-order valence-corrected chi connectivity index (χ0v) is 7.23. The number of carbonyl (C=O) groups is 2. The monoisotopic (exact) mass is 197 g/mol. The Morgan fingerprint density at radius 3 is 2.43 bits per heavy atom. The molecule has 0 fully saturated rings. The first-order valence-corrected chi connectivity index (χ1v) is 3.81. The van der Waals surface area contributed by atoms with Crippen LogP contribution in [0.5, 0.6) is 0 Å². The minimum Gasteiger partial charge on any atom is -0.478 e. The van der Waals surface area contributed by atoms with Gasteiger partial charge in [0.2, 0.25) is 0 Å². The molecular weight excluding hydrogens is 188 g/mol. The molecule has 14 heavy (non-hydrogen) atoms. The van der Waals surface area contributed by atoms with Crippen LogP contribution < -0.4 is 5.73 Å². The summed E-state index contributed by atoms with van der Waals surface area (Å²) in [4.78, 5) is 24.8. The lowest BCUT2D eigenvalue weighted by Crippen LogP contribution is -2.47. The van der Waals surface area contributed by atoms with Crippen molar-refractivity contribution >= 4 is 11.9 Å². The molecule has 0 aromatic carbocycles. The van der Waals surface area contributed by atoms with Crippen LogP contribution in [0.15, 0.2) is 12.3 Å². The molecule has 1 aromatic heterocycles. The molecule has 0 unspecified atom stereocenters. The standard InChI is InChI=1S/C8H8N2O4/c9-2-4-1-5(7(11)12)6(8(13)14)10-3-4/h1,3H,2,9H2,(H,11,12)(H,13,14)/p+1. The molecule has 0 bridgehead atoms. The lowest BCUT2D eigenvalue weighted by atomic mass is 10.1. The van der Waals surface area contributed by atoms with Gasteiger partial charge in [-0.1, -0.05) is 0 Å². The van der Waals surface area contributed by atoms with Gasteiger partial charge < -0.3 is 15.9 Å². The Morgan fingerprint density at radius 1 is 1.36 bits per heavy atom. The molecule has 0 aliphatic heterocycles. The molecule has 6 heteroatoms. The summed E-state index contributed by atoms with van der Waals surface area (Å²) in [6.45, 7) is 0.368. The van der Waals surface area contributed by atoms with Gasteiger partial charge in [-0.05, 0) is 6.07 Å². The normalized spacial score (nSPS) is 9.79. The summed E-state index contributed by atoms with van der Waals surface area (Å²) in [5.41, 5.74) is 3.38. The summed E-state index contributed by atoms with van der Waals surface area (Å²) < 4.78 is 0. The maximum Gasteiger partial charge on any atom is 0.355 e. The Morgan fingerprint density at radius 2 is 2.00 bits per heavy atom. The molecule has 1 aromatic rings. The quantitative estimate of drug-likeness (QED) is 0.587. The van der Waals surface area contributed by atoms with Crippen molar-refractivity contribution < 1.29 is 25.5 Å². The van der Waals surface area contributed by atoms with E-state index in [9.17, 15) is 9.59 Å². The third-order valence-corrected chi connectivity index (χ3v) is 1.67. The van der Waals surface area contributed by atoms with E-state index in [1.807, 2.05) is 0 Å². The fourth-order valence-corrected chi connectivity index (χ4v) is 0.978. The highest BCUT2D eigenvalue weighted by molar-refractivity contribution is 6.00. The van der Waals surface area contributed by atoms with Crippen molar-refractivity contribution in [3.05, 3.63) is 29.1 Å². The van der Waals surface area contributed by atoms with Gasteiger partial charge in [-0.2, -0.15) is 0 Å². The molecule has 6 nitrogen and oxygen atoms in total. The number of hydrogen-bond donors (Lipinski definition) is 3. The van der Waals surface area contributed by atoms with Gasteiger partial charge in [0, 0.05) is 11.8 Å². The van der Waals surface area contributed by atoms with E-state index >= 15 is 0 Å². The first-order valence-electron chi connectivity index (χ1n) is 3.81. The third kappa shape index (κ3) is 1.86. The average molecular weight is 197 g/mol. The van der Waals surface area contributed by atoms with Crippen LogP contribution in [0.3, 0.4) is 0 Å². The summed E-state index contributed by atoms with van der Waals surface area (Å²) in [7, 11) is 0. The van der Waals surface area contributed by atoms with Gasteiger partial charge >= 0.3 is 11.9 Å². The van der Waals surface area contributed by atoms with Crippen molar-refractivity contribution in [2.45, 2.75) is 6.54 Å². The van der Waals surface area contributed by atoms with E-state index in [2.05, 4.69) is 10.7 Å². The molecule has 0 aliphatic rings. The number of carboxylic acids is 2. The van der Waals surface area contributed by atoms with E-state index < -0.39 is 17.6 Å². The van der Waals surface area contributed by atoms with Gasteiger partial charge in [-0.25, -0.2) is 14.6 Å². The second-order valence-electron chi connectivity index (χ2n) is 2.60. The van der Waals surface area contributed by atoms with E-state index in [0.29, 0.717) is 12.1 Å². The van der Waals surface area contributed by atoms with Crippen molar-refractivity contribution in [3.63, 3.8) is 0 Å². The Kier molecular flexibility index (Phi) is 2.78. The molecule has 0 saturated heterocycles. The number of carboxylic acid groups (broad SMARTS) is 2. The second-order valence-corrected chi connectivity index (χ2v) is 2.60. The highest BCUT2D eigenvalue weighted by atomic mass is 16.4. The molecule has 74 valence electrons. The van der Waals surface area contributed by atoms with Gasteiger partial charge in [-0.3, -0.25) is 0 Å². The molecule has 0 radical (unpaired) electrons. The van der Waals surface area contributed by atoms with Gasteiger partial charge in [0.05, 0.1) is 5.56 Å². The highest BCUT2D eigenvalue weighted by Crippen LogP contribution is 2.08. The zero-order valence-electron chi connectivity index (χ0n) is 7.23. The molecule has 1 rings (SSSR count). The molecule has 0 atom stereocenters.